The number of nitrogens with one attached hydrogen (secondary N) is 1. The molecule has 1 aromatic heterocycles. The molecule has 0 saturated carbocycles. The molecule has 2 amide bonds. The molecule has 2 heterocycles. The lowest BCUT2D eigenvalue weighted by molar-refractivity contribution is -0.131. The van der Waals surface area contributed by atoms with Gasteiger partial charge in [0.15, 0.2) is 0 Å². The number of nitrogens with zero attached hydrogens (tertiary/aromatic N) is 2. The number of benzene rings is 1. The van der Waals surface area contributed by atoms with Gasteiger partial charge >= 0.3 is 0 Å². The number of rotatable bonds is 5. The second kappa shape index (κ2) is 8.56. The summed E-state index contributed by atoms with van der Waals surface area (Å²) in [6.07, 6.45) is 0.327. The second-order valence-electron chi connectivity index (χ2n) is 6.28. The summed E-state index contributed by atoms with van der Waals surface area (Å²) >= 11 is 7.51. The molecule has 0 atom stereocenters. The highest BCUT2D eigenvalue weighted by Crippen LogP contribution is 2.25. The third-order valence-electron chi connectivity index (χ3n) is 4.51. The summed E-state index contributed by atoms with van der Waals surface area (Å²) in [6.45, 7) is 5.37. The highest BCUT2D eigenvalue weighted by Gasteiger charge is 2.22. The van der Waals surface area contributed by atoms with E-state index in [-0.39, 0.29) is 11.8 Å². The minimum absolute atomic E-state index is 0.0824. The van der Waals surface area contributed by atoms with Crippen molar-refractivity contribution < 1.29 is 9.59 Å². The van der Waals surface area contributed by atoms with Gasteiger partial charge in [0.2, 0.25) is 5.91 Å². The Kier molecular flexibility index (Phi) is 6.16. The molecule has 0 aliphatic carbocycles. The molecule has 26 heavy (non-hydrogen) atoms. The number of piperazine rings is 1. The normalized spacial score (nSPS) is 14.4. The maximum atomic E-state index is 12.4. The van der Waals surface area contributed by atoms with Gasteiger partial charge in [0.05, 0.1) is 4.88 Å². The van der Waals surface area contributed by atoms with Gasteiger partial charge in [0.25, 0.3) is 5.91 Å². The first-order chi connectivity index (χ1) is 12.5. The van der Waals surface area contributed by atoms with Gasteiger partial charge in [0, 0.05) is 49.9 Å². The van der Waals surface area contributed by atoms with E-state index >= 15 is 0 Å². The number of carbonyl (C=O) groups excluding carboxylic acids is 2. The Balaban J connectivity index is 1.45. The lowest BCUT2D eigenvalue weighted by atomic mass is 10.1. The molecular formula is C19H22ClN3O2S. The zero-order valence-corrected chi connectivity index (χ0v) is 16.3. The number of halogens is 1. The Morgan fingerprint density at radius 2 is 1.96 bits per heavy atom. The topological polar surface area (TPSA) is 52.6 Å². The Morgan fingerprint density at radius 3 is 2.65 bits per heavy atom. The van der Waals surface area contributed by atoms with Gasteiger partial charge in [-0.3, -0.25) is 9.59 Å². The number of thiophene rings is 1. The zero-order valence-electron chi connectivity index (χ0n) is 14.7. The molecule has 1 aliphatic heterocycles. The van der Waals surface area contributed by atoms with Crippen molar-refractivity contribution in [3.05, 3.63) is 51.2 Å². The minimum atomic E-state index is -0.117. The number of anilines is 1. The fraction of sp³-hybridized carbons (Fsp3) is 0.368. The SMILES string of the molecule is Cc1ccc(Cl)cc1N1CCN(C(=O)CCNC(=O)c2cccs2)CC1. The highest BCUT2D eigenvalue weighted by molar-refractivity contribution is 7.12. The quantitative estimate of drug-likeness (QED) is 0.851. The van der Waals surface area contributed by atoms with E-state index in [1.807, 2.05) is 34.5 Å². The van der Waals surface area contributed by atoms with Crippen molar-refractivity contribution >= 4 is 40.4 Å². The van der Waals surface area contributed by atoms with Crippen molar-refractivity contribution in [3.8, 4) is 0 Å². The van der Waals surface area contributed by atoms with E-state index in [1.165, 1.54) is 16.9 Å². The van der Waals surface area contributed by atoms with Gasteiger partial charge in [0.1, 0.15) is 0 Å². The number of hydrogen-bond donors (Lipinski definition) is 1. The number of amides is 2. The van der Waals surface area contributed by atoms with Crippen molar-refractivity contribution in [2.45, 2.75) is 13.3 Å². The first-order valence-electron chi connectivity index (χ1n) is 8.65. The molecule has 138 valence electrons. The summed E-state index contributed by atoms with van der Waals surface area (Å²) in [5, 5.41) is 5.39. The molecule has 5 nitrogen and oxygen atoms in total. The zero-order chi connectivity index (χ0) is 18.5. The van der Waals surface area contributed by atoms with Crippen LogP contribution in [0.1, 0.15) is 21.7 Å². The molecule has 2 aromatic rings. The first-order valence-corrected chi connectivity index (χ1v) is 9.91. The first kappa shape index (κ1) is 18.7. The Morgan fingerprint density at radius 1 is 1.19 bits per heavy atom. The van der Waals surface area contributed by atoms with Crippen LogP contribution < -0.4 is 10.2 Å². The van der Waals surface area contributed by atoms with E-state index in [9.17, 15) is 9.59 Å². The van der Waals surface area contributed by atoms with Crippen molar-refractivity contribution in [2.24, 2.45) is 0 Å². The van der Waals surface area contributed by atoms with Gasteiger partial charge in [-0.25, -0.2) is 0 Å². The van der Waals surface area contributed by atoms with E-state index in [0.29, 0.717) is 30.9 Å². The van der Waals surface area contributed by atoms with Crippen LogP contribution in [-0.4, -0.2) is 49.4 Å². The van der Waals surface area contributed by atoms with Crippen LogP contribution >= 0.6 is 22.9 Å². The van der Waals surface area contributed by atoms with E-state index in [4.69, 9.17) is 11.6 Å². The van der Waals surface area contributed by atoms with Gasteiger partial charge in [-0.15, -0.1) is 11.3 Å². The molecule has 1 saturated heterocycles. The van der Waals surface area contributed by atoms with Crippen molar-refractivity contribution in [1.82, 2.24) is 10.2 Å². The largest absolute Gasteiger partial charge is 0.368 e. The molecule has 3 rings (SSSR count). The van der Waals surface area contributed by atoms with Crippen LogP contribution in [0.15, 0.2) is 35.7 Å². The van der Waals surface area contributed by atoms with Crippen molar-refractivity contribution in [2.75, 3.05) is 37.6 Å². The standard InChI is InChI=1S/C19H22ClN3O2S/c1-14-4-5-15(20)13-16(14)22-8-10-23(11-9-22)18(24)6-7-21-19(25)17-3-2-12-26-17/h2-5,12-13H,6-11H2,1H3,(H,21,25). The Labute approximate surface area is 162 Å². The molecule has 7 heteroatoms. The maximum Gasteiger partial charge on any atom is 0.261 e. The van der Waals surface area contributed by atoms with Crippen LogP contribution in [0.3, 0.4) is 0 Å². The Hall–Kier alpha value is -2.05. The van der Waals surface area contributed by atoms with Crippen LogP contribution in [0.2, 0.25) is 5.02 Å². The van der Waals surface area contributed by atoms with Crippen LogP contribution in [0, 0.1) is 6.92 Å². The molecule has 1 aromatic carbocycles. The summed E-state index contributed by atoms with van der Waals surface area (Å²) in [5.74, 6) is -0.0343. The lowest BCUT2D eigenvalue weighted by Gasteiger charge is -2.37. The third kappa shape index (κ3) is 4.56. The van der Waals surface area contributed by atoms with E-state index in [2.05, 4.69) is 17.1 Å². The number of hydrogen-bond acceptors (Lipinski definition) is 4. The maximum absolute atomic E-state index is 12.4. The predicted octanol–water partition coefficient (Wildman–Crippen LogP) is 3.18. The molecule has 1 aliphatic rings. The molecule has 0 radical (unpaired) electrons. The van der Waals surface area contributed by atoms with Crippen LogP contribution in [-0.2, 0) is 4.79 Å². The van der Waals surface area contributed by atoms with Crippen molar-refractivity contribution in [3.63, 3.8) is 0 Å². The second-order valence-corrected chi connectivity index (χ2v) is 7.67. The monoisotopic (exact) mass is 391 g/mol. The molecule has 0 bridgehead atoms. The van der Waals surface area contributed by atoms with E-state index < -0.39 is 0 Å². The van der Waals surface area contributed by atoms with Crippen LogP contribution in [0.4, 0.5) is 5.69 Å². The third-order valence-corrected chi connectivity index (χ3v) is 5.62. The summed E-state index contributed by atoms with van der Waals surface area (Å²) in [4.78, 5) is 29.1. The highest BCUT2D eigenvalue weighted by atomic mass is 35.5. The molecule has 1 fully saturated rings. The summed E-state index contributed by atoms with van der Waals surface area (Å²) in [6, 6.07) is 9.51. The van der Waals surface area contributed by atoms with Gasteiger partial charge < -0.3 is 15.1 Å². The van der Waals surface area contributed by atoms with Gasteiger partial charge in [-0.1, -0.05) is 23.7 Å². The average molecular weight is 392 g/mol. The van der Waals surface area contributed by atoms with Crippen LogP contribution in [0.25, 0.3) is 0 Å². The fourth-order valence-electron chi connectivity index (χ4n) is 3.06. The van der Waals surface area contributed by atoms with Gasteiger partial charge in [-0.2, -0.15) is 0 Å². The summed E-state index contributed by atoms with van der Waals surface area (Å²) in [7, 11) is 0. The molecule has 0 unspecified atom stereocenters. The molecule has 0 spiro atoms. The minimum Gasteiger partial charge on any atom is -0.368 e. The van der Waals surface area contributed by atoms with E-state index in [0.717, 1.165) is 23.8 Å². The summed E-state index contributed by atoms with van der Waals surface area (Å²) in [5.41, 5.74) is 2.32. The summed E-state index contributed by atoms with van der Waals surface area (Å²) < 4.78 is 0. The molecule has 1 N–H and O–H groups in total. The van der Waals surface area contributed by atoms with Gasteiger partial charge in [-0.05, 0) is 36.1 Å². The lowest BCUT2D eigenvalue weighted by Crippen LogP contribution is -2.49. The van der Waals surface area contributed by atoms with E-state index in [1.54, 1.807) is 6.07 Å². The smallest absolute Gasteiger partial charge is 0.261 e. The number of carbonyl (C=O) groups is 2. The van der Waals surface area contributed by atoms with Crippen molar-refractivity contribution in [1.29, 1.82) is 0 Å². The fourth-order valence-corrected chi connectivity index (χ4v) is 3.86. The van der Waals surface area contributed by atoms with Crippen LogP contribution in [0.5, 0.6) is 0 Å². The predicted molar refractivity (Wildman–Crippen MR) is 106 cm³/mol. The molecular weight excluding hydrogens is 370 g/mol. The number of aryl methyl sites for hydroxylation is 1. The Bertz CT molecular complexity index is 771. The average Bonchev–Trinajstić information content (AvgIpc) is 3.18.